The molecule has 0 fully saturated rings. The molecule has 0 bridgehead atoms. The van der Waals surface area contributed by atoms with Gasteiger partial charge in [0, 0.05) is 16.3 Å². The van der Waals surface area contributed by atoms with Crippen molar-refractivity contribution < 1.29 is 4.39 Å². The Morgan fingerprint density at radius 1 is 0.929 bits per heavy atom. The average molecular weight is 431 g/mol. The standard InChI is InChI=1S/C21H13Cl2FN2OS/c22-15-8-5-9-17(24)14(15)12-28-21-25-18-10-3-1-6-13(18)20(27)26(21)19-11-4-2-7-16(19)23/h1-11H,12H2. The minimum Gasteiger partial charge on any atom is -0.268 e. The van der Waals surface area contributed by atoms with Gasteiger partial charge in [-0.05, 0) is 36.4 Å². The van der Waals surface area contributed by atoms with E-state index in [4.69, 9.17) is 23.2 Å². The summed E-state index contributed by atoms with van der Waals surface area (Å²) in [6.45, 7) is 0. The van der Waals surface area contributed by atoms with E-state index in [9.17, 15) is 9.18 Å². The molecule has 3 nitrogen and oxygen atoms in total. The Morgan fingerprint density at radius 3 is 2.43 bits per heavy atom. The molecule has 0 aliphatic carbocycles. The Labute approximate surface area is 174 Å². The molecular formula is C21H13Cl2FN2OS. The van der Waals surface area contributed by atoms with Crippen LogP contribution in [0.25, 0.3) is 16.6 Å². The van der Waals surface area contributed by atoms with Crippen molar-refractivity contribution in [2.24, 2.45) is 0 Å². The molecule has 0 aliphatic heterocycles. The first-order valence-corrected chi connectivity index (χ1v) is 10.1. The monoisotopic (exact) mass is 430 g/mol. The van der Waals surface area contributed by atoms with E-state index in [1.165, 1.54) is 22.4 Å². The van der Waals surface area contributed by atoms with E-state index in [2.05, 4.69) is 4.98 Å². The molecule has 7 heteroatoms. The molecule has 0 aliphatic rings. The van der Waals surface area contributed by atoms with Crippen LogP contribution in [0.2, 0.25) is 10.0 Å². The number of rotatable bonds is 4. The molecule has 0 radical (unpaired) electrons. The summed E-state index contributed by atoms with van der Waals surface area (Å²) < 4.78 is 15.6. The van der Waals surface area contributed by atoms with Gasteiger partial charge in [0.2, 0.25) is 0 Å². The molecular weight excluding hydrogens is 418 g/mol. The highest BCUT2D eigenvalue weighted by molar-refractivity contribution is 7.98. The van der Waals surface area contributed by atoms with Gasteiger partial charge in [0.25, 0.3) is 5.56 Å². The maximum atomic E-state index is 14.2. The summed E-state index contributed by atoms with van der Waals surface area (Å²) in [5.74, 6) is -0.173. The number of aromatic nitrogens is 2. The molecule has 28 heavy (non-hydrogen) atoms. The van der Waals surface area contributed by atoms with Crippen molar-refractivity contribution >= 4 is 45.9 Å². The van der Waals surface area contributed by atoms with Crippen molar-refractivity contribution in [3.05, 3.63) is 98.5 Å². The zero-order valence-corrected chi connectivity index (χ0v) is 16.7. The number of thioether (sulfide) groups is 1. The lowest BCUT2D eigenvalue weighted by Crippen LogP contribution is -2.22. The van der Waals surface area contributed by atoms with Gasteiger partial charge < -0.3 is 0 Å². The summed E-state index contributed by atoms with van der Waals surface area (Å²) in [7, 11) is 0. The summed E-state index contributed by atoms with van der Waals surface area (Å²) >= 11 is 13.7. The summed E-state index contributed by atoms with van der Waals surface area (Å²) in [5.41, 5.74) is 1.22. The number of hydrogen-bond donors (Lipinski definition) is 0. The summed E-state index contributed by atoms with van der Waals surface area (Å²) in [5, 5.41) is 1.65. The average Bonchev–Trinajstić information content (AvgIpc) is 2.69. The van der Waals surface area contributed by atoms with Crippen LogP contribution in [-0.2, 0) is 5.75 Å². The molecule has 140 valence electrons. The van der Waals surface area contributed by atoms with E-state index in [1.54, 1.807) is 54.6 Å². The van der Waals surface area contributed by atoms with E-state index < -0.39 is 5.82 Å². The van der Waals surface area contributed by atoms with Crippen molar-refractivity contribution in [1.29, 1.82) is 0 Å². The lowest BCUT2D eigenvalue weighted by molar-refractivity contribution is 0.617. The van der Waals surface area contributed by atoms with E-state index in [0.717, 1.165) is 0 Å². The summed E-state index contributed by atoms with van der Waals surface area (Å²) in [6, 6.07) is 18.7. The van der Waals surface area contributed by atoms with E-state index >= 15 is 0 Å². The number of nitrogens with zero attached hydrogens (tertiary/aromatic N) is 2. The minimum absolute atomic E-state index is 0.223. The van der Waals surface area contributed by atoms with Gasteiger partial charge in [-0.2, -0.15) is 0 Å². The van der Waals surface area contributed by atoms with Crippen LogP contribution in [0.3, 0.4) is 0 Å². The molecule has 0 N–H and O–H groups in total. The quantitative estimate of drug-likeness (QED) is 0.288. The SMILES string of the molecule is O=c1c2ccccc2nc(SCc2c(F)cccc2Cl)n1-c1ccccc1Cl. The summed E-state index contributed by atoms with van der Waals surface area (Å²) in [6.07, 6.45) is 0. The van der Waals surface area contributed by atoms with Gasteiger partial charge in [-0.25, -0.2) is 9.37 Å². The predicted molar refractivity (Wildman–Crippen MR) is 113 cm³/mol. The maximum Gasteiger partial charge on any atom is 0.266 e. The van der Waals surface area contributed by atoms with Gasteiger partial charge in [-0.15, -0.1) is 0 Å². The highest BCUT2D eigenvalue weighted by Crippen LogP contribution is 2.30. The predicted octanol–water partition coefficient (Wildman–Crippen LogP) is 6.12. The van der Waals surface area contributed by atoms with Gasteiger partial charge in [0.1, 0.15) is 5.82 Å². The van der Waals surface area contributed by atoms with Gasteiger partial charge in [-0.1, -0.05) is 65.3 Å². The molecule has 1 aromatic heterocycles. The van der Waals surface area contributed by atoms with Crippen molar-refractivity contribution in [1.82, 2.24) is 9.55 Å². The molecule has 4 aromatic rings. The molecule has 3 aromatic carbocycles. The van der Waals surface area contributed by atoms with Gasteiger partial charge in [0.15, 0.2) is 5.16 Å². The third kappa shape index (κ3) is 3.53. The van der Waals surface area contributed by atoms with Crippen LogP contribution in [-0.4, -0.2) is 9.55 Å². The maximum absolute atomic E-state index is 14.2. The number of benzene rings is 3. The lowest BCUT2D eigenvalue weighted by atomic mass is 10.2. The van der Waals surface area contributed by atoms with Gasteiger partial charge >= 0.3 is 0 Å². The van der Waals surface area contributed by atoms with Gasteiger partial charge in [-0.3, -0.25) is 9.36 Å². The molecule has 0 unspecified atom stereocenters. The topological polar surface area (TPSA) is 34.9 Å². The first kappa shape index (κ1) is 19.0. The largest absolute Gasteiger partial charge is 0.268 e. The van der Waals surface area contributed by atoms with Crippen molar-refractivity contribution in [2.75, 3.05) is 0 Å². The Kier molecular flexibility index (Phi) is 5.40. The fourth-order valence-electron chi connectivity index (χ4n) is 2.86. The normalized spacial score (nSPS) is 11.1. The Morgan fingerprint density at radius 2 is 1.64 bits per heavy atom. The summed E-state index contributed by atoms with van der Waals surface area (Å²) in [4.78, 5) is 17.8. The fraction of sp³-hybridized carbons (Fsp3) is 0.0476. The third-order valence-electron chi connectivity index (χ3n) is 4.25. The Bertz CT molecular complexity index is 1220. The van der Waals surface area contributed by atoms with E-state index in [-0.39, 0.29) is 11.3 Å². The fourth-order valence-corrected chi connectivity index (χ4v) is 4.43. The smallest absolute Gasteiger partial charge is 0.266 e. The van der Waals surface area contributed by atoms with Crippen molar-refractivity contribution in [2.45, 2.75) is 10.9 Å². The zero-order chi connectivity index (χ0) is 19.7. The second kappa shape index (κ2) is 7.95. The molecule has 4 rings (SSSR count). The molecule has 1 heterocycles. The molecule has 0 amide bonds. The molecule has 0 spiro atoms. The molecule has 0 saturated heterocycles. The highest BCUT2D eigenvalue weighted by Gasteiger charge is 2.16. The minimum atomic E-state index is -0.396. The van der Waals surface area contributed by atoms with Crippen molar-refractivity contribution in [3.8, 4) is 5.69 Å². The Balaban J connectivity index is 1.88. The lowest BCUT2D eigenvalue weighted by Gasteiger charge is -2.14. The van der Waals surface area contributed by atoms with Crippen LogP contribution >= 0.6 is 35.0 Å². The van der Waals surface area contributed by atoms with Crippen LogP contribution in [0, 0.1) is 5.82 Å². The second-order valence-corrected chi connectivity index (χ2v) is 7.75. The first-order valence-electron chi connectivity index (χ1n) is 8.38. The third-order valence-corrected chi connectivity index (χ3v) is 5.88. The Hall–Kier alpha value is -2.34. The number of hydrogen-bond acceptors (Lipinski definition) is 3. The van der Waals surface area contributed by atoms with Crippen molar-refractivity contribution in [3.63, 3.8) is 0 Å². The van der Waals surface area contributed by atoms with Crippen LogP contribution in [0.5, 0.6) is 0 Å². The highest BCUT2D eigenvalue weighted by atomic mass is 35.5. The van der Waals surface area contributed by atoms with Gasteiger partial charge in [0.05, 0.1) is 21.6 Å². The first-order chi connectivity index (χ1) is 13.6. The molecule has 0 atom stereocenters. The number of fused-ring (bicyclic) bond motifs is 1. The van der Waals surface area contributed by atoms with Crippen LogP contribution in [0.15, 0.2) is 76.7 Å². The zero-order valence-electron chi connectivity index (χ0n) is 14.4. The van der Waals surface area contributed by atoms with Crippen LogP contribution < -0.4 is 5.56 Å². The van der Waals surface area contributed by atoms with Crippen LogP contribution in [0.4, 0.5) is 4.39 Å². The number of halogens is 3. The van der Waals surface area contributed by atoms with Crippen LogP contribution in [0.1, 0.15) is 5.56 Å². The molecule has 0 saturated carbocycles. The van der Waals surface area contributed by atoms with E-state index in [1.807, 2.05) is 6.07 Å². The number of para-hydroxylation sites is 2. The second-order valence-electron chi connectivity index (χ2n) is 5.99. The van der Waals surface area contributed by atoms with E-state index in [0.29, 0.717) is 37.4 Å².